The third-order valence-electron chi connectivity index (χ3n) is 4.75. The number of hydrogen-bond acceptors (Lipinski definition) is 2. The number of nitrogens with zero attached hydrogens (tertiary/aromatic N) is 1. The van der Waals surface area contributed by atoms with E-state index in [9.17, 15) is 4.79 Å². The van der Waals surface area contributed by atoms with Crippen molar-refractivity contribution in [3.63, 3.8) is 0 Å². The van der Waals surface area contributed by atoms with Gasteiger partial charge in [-0.05, 0) is 42.9 Å². The molecule has 1 aromatic rings. The standard InChI is InChI=1S/C17H24N2O/c18-16-10-11-19(12-16)17(20)15-8-6-14(7-9-15)13-4-2-1-3-5-13/h6-9,13,16H,1-5,10-12,18H2/t16-/m1/s1. The van der Waals surface area contributed by atoms with Crippen LogP contribution in [0.1, 0.15) is 60.4 Å². The second-order valence-electron chi connectivity index (χ2n) is 6.26. The lowest BCUT2D eigenvalue weighted by atomic mass is 9.84. The molecule has 1 aliphatic heterocycles. The molecule has 0 spiro atoms. The van der Waals surface area contributed by atoms with Crippen LogP contribution in [0.15, 0.2) is 24.3 Å². The average Bonchev–Trinajstić information content (AvgIpc) is 2.94. The third-order valence-corrected chi connectivity index (χ3v) is 4.75. The second-order valence-corrected chi connectivity index (χ2v) is 6.26. The lowest BCUT2D eigenvalue weighted by Crippen LogP contribution is -2.31. The molecule has 3 rings (SSSR count). The molecule has 3 nitrogen and oxygen atoms in total. The van der Waals surface area contributed by atoms with Crippen LogP contribution in [-0.4, -0.2) is 29.9 Å². The van der Waals surface area contributed by atoms with Crippen LogP contribution in [0.4, 0.5) is 0 Å². The SMILES string of the molecule is N[C@@H]1CCN(C(=O)c2ccc(C3CCCCC3)cc2)C1. The van der Waals surface area contributed by atoms with Gasteiger partial charge >= 0.3 is 0 Å². The van der Waals surface area contributed by atoms with Crippen molar-refractivity contribution in [3.05, 3.63) is 35.4 Å². The van der Waals surface area contributed by atoms with Crippen molar-refractivity contribution in [2.75, 3.05) is 13.1 Å². The molecular weight excluding hydrogens is 248 g/mol. The quantitative estimate of drug-likeness (QED) is 0.899. The zero-order valence-corrected chi connectivity index (χ0v) is 12.1. The highest BCUT2D eigenvalue weighted by Gasteiger charge is 2.24. The molecule has 0 unspecified atom stereocenters. The van der Waals surface area contributed by atoms with Crippen LogP contribution in [0, 0.1) is 0 Å². The number of amides is 1. The van der Waals surface area contributed by atoms with E-state index in [1.807, 2.05) is 17.0 Å². The van der Waals surface area contributed by atoms with Gasteiger partial charge in [0.1, 0.15) is 0 Å². The molecule has 1 saturated carbocycles. The van der Waals surface area contributed by atoms with Crippen molar-refractivity contribution in [1.29, 1.82) is 0 Å². The number of likely N-dealkylation sites (tertiary alicyclic amines) is 1. The minimum atomic E-state index is 0.133. The topological polar surface area (TPSA) is 46.3 Å². The van der Waals surface area contributed by atoms with E-state index in [4.69, 9.17) is 5.73 Å². The Morgan fingerprint density at radius 2 is 1.75 bits per heavy atom. The van der Waals surface area contributed by atoms with Crippen molar-refractivity contribution in [1.82, 2.24) is 4.90 Å². The van der Waals surface area contributed by atoms with E-state index in [0.29, 0.717) is 12.5 Å². The lowest BCUT2D eigenvalue weighted by Gasteiger charge is -2.22. The molecule has 1 aromatic carbocycles. The smallest absolute Gasteiger partial charge is 0.253 e. The van der Waals surface area contributed by atoms with Crippen LogP contribution in [0.3, 0.4) is 0 Å². The molecular formula is C17H24N2O. The summed E-state index contributed by atoms with van der Waals surface area (Å²) in [4.78, 5) is 14.2. The minimum absolute atomic E-state index is 0.133. The molecule has 0 radical (unpaired) electrons. The molecule has 0 bridgehead atoms. The number of carbonyl (C=O) groups excluding carboxylic acids is 1. The molecule has 2 fully saturated rings. The van der Waals surface area contributed by atoms with E-state index in [-0.39, 0.29) is 11.9 Å². The highest BCUT2D eigenvalue weighted by atomic mass is 16.2. The Kier molecular flexibility index (Phi) is 4.06. The molecule has 2 aliphatic rings. The molecule has 2 N–H and O–H groups in total. The van der Waals surface area contributed by atoms with Gasteiger partial charge in [-0.1, -0.05) is 31.4 Å². The van der Waals surface area contributed by atoms with Crippen molar-refractivity contribution in [3.8, 4) is 0 Å². The molecule has 1 saturated heterocycles. The molecule has 3 heteroatoms. The van der Waals surface area contributed by atoms with Crippen LogP contribution >= 0.6 is 0 Å². The number of carbonyl (C=O) groups is 1. The predicted molar refractivity (Wildman–Crippen MR) is 80.8 cm³/mol. The predicted octanol–water partition coefficient (Wildman–Crippen LogP) is 2.91. The monoisotopic (exact) mass is 272 g/mol. The summed E-state index contributed by atoms with van der Waals surface area (Å²) >= 11 is 0. The average molecular weight is 272 g/mol. The van der Waals surface area contributed by atoms with Crippen LogP contribution < -0.4 is 5.73 Å². The summed E-state index contributed by atoms with van der Waals surface area (Å²) in [6.45, 7) is 1.49. The molecule has 1 heterocycles. The van der Waals surface area contributed by atoms with Crippen molar-refractivity contribution in [2.45, 2.75) is 50.5 Å². The fraction of sp³-hybridized carbons (Fsp3) is 0.588. The first-order valence-corrected chi connectivity index (χ1v) is 7.89. The Balaban J connectivity index is 1.67. The fourth-order valence-corrected chi connectivity index (χ4v) is 3.49. The van der Waals surface area contributed by atoms with E-state index < -0.39 is 0 Å². The first-order chi connectivity index (χ1) is 9.74. The van der Waals surface area contributed by atoms with E-state index in [0.717, 1.165) is 18.5 Å². The maximum Gasteiger partial charge on any atom is 0.253 e. The van der Waals surface area contributed by atoms with E-state index >= 15 is 0 Å². The third kappa shape index (κ3) is 2.88. The van der Waals surface area contributed by atoms with Gasteiger partial charge in [0.2, 0.25) is 0 Å². The maximum atomic E-state index is 12.4. The Morgan fingerprint density at radius 3 is 2.35 bits per heavy atom. The minimum Gasteiger partial charge on any atom is -0.337 e. The molecule has 108 valence electrons. The summed E-state index contributed by atoms with van der Waals surface area (Å²) in [7, 11) is 0. The molecule has 0 aromatic heterocycles. The number of rotatable bonds is 2. The van der Waals surface area contributed by atoms with Crippen LogP contribution in [0.2, 0.25) is 0 Å². The van der Waals surface area contributed by atoms with Crippen LogP contribution in [0.25, 0.3) is 0 Å². The summed E-state index contributed by atoms with van der Waals surface area (Å²) in [5.41, 5.74) is 8.08. The van der Waals surface area contributed by atoms with Gasteiger partial charge in [-0.2, -0.15) is 0 Å². The Morgan fingerprint density at radius 1 is 1.05 bits per heavy atom. The number of nitrogens with two attached hydrogens (primary N) is 1. The van der Waals surface area contributed by atoms with E-state index in [1.165, 1.54) is 37.7 Å². The zero-order valence-electron chi connectivity index (χ0n) is 12.1. The Labute approximate surface area is 121 Å². The highest BCUT2D eigenvalue weighted by Crippen LogP contribution is 2.32. The fourth-order valence-electron chi connectivity index (χ4n) is 3.49. The van der Waals surface area contributed by atoms with Gasteiger partial charge < -0.3 is 10.6 Å². The maximum absolute atomic E-state index is 12.4. The van der Waals surface area contributed by atoms with Gasteiger partial charge in [-0.25, -0.2) is 0 Å². The van der Waals surface area contributed by atoms with Crippen LogP contribution in [0.5, 0.6) is 0 Å². The van der Waals surface area contributed by atoms with Crippen LogP contribution in [-0.2, 0) is 0 Å². The molecule has 1 aliphatic carbocycles. The molecule has 1 atom stereocenters. The first kappa shape index (κ1) is 13.6. The number of hydrogen-bond donors (Lipinski definition) is 1. The largest absolute Gasteiger partial charge is 0.337 e. The van der Waals surface area contributed by atoms with Crippen molar-refractivity contribution in [2.24, 2.45) is 5.73 Å². The molecule has 20 heavy (non-hydrogen) atoms. The van der Waals surface area contributed by atoms with Gasteiger partial charge in [-0.3, -0.25) is 4.79 Å². The summed E-state index contributed by atoms with van der Waals surface area (Å²) < 4.78 is 0. The van der Waals surface area contributed by atoms with Crippen molar-refractivity contribution < 1.29 is 4.79 Å². The lowest BCUT2D eigenvalue weighted by molar-refractivity contribution is 0.0791. The van der Waals surface area contributed by atoms with Gasteiger partial charge in [0.15, 0.2) is 0 Å². The van der Waals surface area contributed by atoms with Gasteiger partial charge in [0.05, 0.1) is 0 Å². The summed E-state index contributed by atoms with van der Waals surface area (Å²) in [5, 5.41) is 0. The van der Waals surface area contributed by atoms with Crippen molar-refractivity contribution >= 4 is 5.91 Å². The van der Waals surface area contributed by atoms with Gasteiger partial charge in [0, 0.05) is 24.7 Å². The number of benzene rings is 1. The van der Waals surface area contributed by atoms with E-state index in [2.05, 4.69) is 12.1 Å². The summed E-state index contributed by atoms with van der Waals surface area (Å²) in [6.07, 6.45) is 7.59. The highest BCUT2D eigenvalue weighted by molar-refractivity contribution is 5.94. The zero-order chi connectivity index (χ0) is 13.9. The van der Waals surface area contributed by atoms with Gasteiger partial charge in [0.25, 0.3) is 5.91 Å². The second kappa shape index (κ2) is 5.96. The summed E-state index contributed by atoms with van der Waals surface area (Å²) in [5.74, 6) is 0.834. The van der Waals surface area contributed by atoms with Gasteiger partial charge in [-0.15, -0.1) is 0 Å². The molecule has 1 amide bonds. The Bertz CT molecular complexity index is 462. The normalized spacial score (nSPS) is 24.1. The van der Waals surface area contributed by atoms with E-state index in [1.54, 1.807) is 0 Å². The first-order valence-electron chi connectivity index (χ1n) is 7.89. The Hall–Kier alpha value is -1.35. The summed E-state index contributed by atoms with van der Waals surface area (Å²) in [6, 6.07) is 8.45.